The quantitative estimate of drug-likeness (QED) is 0.553. The first-order valence-corrected chi connectivity index (χ1v) is 8.49. The Morgan fingerprint density at radius 1 is 0.909 bits per heavy atom. The van der Waals surface area contributed by atoms with E-state index < -0.39 is 0 Å². The Morgan fingerprint density at radius 3 is 2.36 bits per heavy atom. The molecule has 3 nitrogen and oxygen atoms in total. The van der Waals surface area contributed by atoms with Crippen molar-refractivity contribution in [3.8, 4) is 11.5 Å². The molecule has 1 aromatic heterocycles. The van der Waals surface area contributed by atoms with E-state index in [4.69, 9.17) is 9.47 Å². The van der Waals surface area contributed by atoms with E-state index in [-0.39, 0.29) is 0 Å². The first-order chi connectivity index (χ1) is 10.8. The van der Waals surface area contributed by atoms with Crippen LogP contribution in [0.15, 0.2) is 30.5 Å². The molecular formula is C19H27NO2. The summed E-state index contributed by atoms with van der Waals surface area (Å²) < 4.78 is 11.6. The van der Waals surface area contributed by atoms with E-state index >= 15 is 0 Å². The van der Waals surface area contributed by atoms with Gasteiger partial charge in [0, 0.05) is 5.39 Å². The highest BCUT2D eigenvalue weighted by atomic mass is 16.5. The summed E-state index contributed by atoms with van der Waals surface area (Å²) in [6.45, 7) is 5.90. The summed E-state index contributed by atoms with van der Waals surface area (Å²) >= 11 is 0. The molecule has 3 heteroatoms. The number of nitrogens with zero attached hydrogens (tertiary/aromatic N) is 1. The minimum Gasteiger partial charge on any atom is -0.492 e. The molecule has 0 saturated heterocycles. The van der Waals surface area contributed by atoms with Gasteiger partial charge in [0.2, 0.25) is 0 Å². The number of ether oxygens (including phenoxy) is 2. The number of unbranched alkanes of at least 4 members (excludes halogenated alkanes) is 4. The fourth-order valence-corrected chi connectivity index (χ4v) is 2.38. The molecule has 2 aromatic rings. The molecule has 0 bridgehead atoms. The topological polar surface area (TPSA) is 31.4 Å². The van der Waals surface area contributed by atoms with E-state index in [0.29, 0.717) is 0 Å². The Morgan fingerprint density at radius 2 is 1.64 bits per heavy atom. The summed E-state index contributed by atoms with van der Waals surface area (Å²) in [7, 11) is 0. The van der Waals surface area contributed by atoms with E-state index in [9.17, 15) is 0 Å². The third-order valence-electron chi connectivity index (χ3n) is 3.67. The van der Waals surface area contributed by atoms with Crippen LogP contribution in [0.2, 0.25) is 0 Å². The molecule has 0 saturated carbocycles. The first-order valence-electron chi connectivity index (χ1n) is 8.49. The van der Waals surface area contributed by atoms with Gasteiger partial charge < -0.3 is 9.47 Å². The van der Waals surface area contributed by atoms with Gasteiger partial charge in [0.05, 0.1) is 19.4 Å². The van der Waals surface area contributed by atoms with Gasteiger partial charge in [0.15, 0.2) is 0 Å². The molecular weight excluding hydrogens is 274 g/mol. The zero-order chi connectivity index (χ0) is 15.6. The molecule has 120 valence electrons. The summed E-state index contributed by atoms with van der Waals surface area (Å²) in [6.07, 6.45) is 8.80. The summed E-state index contributed by atoms with van der Waals surface area (Å²) in [5, 5.41) is 1.07. The highest BCUT2D eigenvalue weighted by Gasteiger charge is 2.05. The second kappa shape index (κ2) is 9.29. The molecule has 0 N–H and O–H groups in total. The van der Waals surface area contributed by atoms with Gasteiger partial charge in [-0.05, 0) is 25.0 Å². The van der Waals surface area contributed by atoms with Crippen LogP contribution in [0, 0.1) is 0 Å². The third-order valence-corrected chi connectivity index (χ3v) is 3.67. The zero-order valence-electron chi connectivity index (χ0n) is 13.8. The number of aromatic nitrogens is 1. The number of hydrogen-bond acceptors (Lipinski definition) is 3. The van der Waals surface area contributed by atoms with Crippen LogP contribution >= 0.6 is 0 Å². The lowest BCUT2D eigenvalue weighted by molar-refractivity contribution is 0.304. The van der Waals surface area contributed by atoms with Gasteiger partial charge in [0.25, 0.3) is 0 Å². The third kappa shape index (κ3) is 4.90. The van der Waals surface area contributed by atoms with E-state index in [0.717, 1.165) is 48.5 Å². The van der Waals surface area contributed by atoms with Crippen LogP contribution in [0.3, 0.4) is 0 Å². The van der Waals surface area contributed by atoms with Crippen LogP contribution in [0.5, 0.6) is 11.5 Å². The monoisotopic (exact) mass is 301 g/mol. The molecule has 0 aliphatic heterocycles. The fraction of sp³-hybridized carbons (Fsp3) is 0.526. The van der Waals surface area contributed by atoms with Gasteiger partial charge >= 0.3 is 0 Å². The van der Waals surface area contributed by atoms with E-state index in [1.165, 1.54) is 25.7 Å². The minimum atomic E-state index is 0.754. The maximum absolute atomic E-state index is 5.87. The lowest BCUT2D eigenvalue weighted by Crippen LogP contribution is -2.00. The van der Waals surface area contributed by atoms with E-state index in [1.807, 2.05) is 18.2 Å². The van der Waals surface area contributed by atoms with Crippen molar-refractivity contribution in [2.45, 2.75) is 52.4 Å². The van der Waals surface area contributed by atoms with Gasteiger partial charge in [-0.3, -0.25) is 0 Å². The van der Waals surface area contributed by atoms with Crippen molar-refractivity contribution in [3.05, 3.63) is 30.5 Å². The average molecular weight is 301 g/mol. The molecule has 0 atom stereocenters. The maximum Gasteiger partial charge on any atom is 0.145 e. The van der Waals surface area contributed by atoms with Crippen LogP contribution in [0.1, 0.15) is 52.4 Å². The Balaban J connectivity index is 2.00. The predicted octanol–water partition coefficient (Wildman–Crippen LogP) is 5.37. The Kier molecular flexibility index (Phi) is 7.01. The van der Waals surface area contributed by atoms with Gasteiger partial charge in [-0.15, -0.1) is 0 Å². The fourth-order valence-electron chi connectivity index (χ4n) is 2.38. The largest absolute Gasteiger partial charge is 0.492 e. The van der Waals surface area contributed by atoms with E-state index in [1.54, 1.807) is 6.20 Å². The number of benzene rings is 1. The smallest absolute Gasteiger partial charge is 0.145 e. The summed E-state index contributed by atoms with van der Waals surface area (Å²) in [6, 6.07) is 8.11. The molecule has 0 spiro atoms. The number of para-hydroxylation sites is 1. The van der Waals surface area contributed by atoms with Crippen molar-refractivity contribution >= 4 is 10.9 Å². The van der Waals surface area contributed by atoms with Crippen molar-refractivity contribution in [2.24, 2.45) is 0 Å². The number of rotatable bonds is 10. The van der Waals surface area contributed by atoms with Crippen molar-refractivity contribution < 1.29 is 9.47 Å². The molecule has 1 aromatic carbocycles. The summed E-state index contributed by atoms with van der Waals surface area (Å²) in [5.74, 6) is 1.71. The number of fused-ring (bicyclic) bond motifs is 1. The lowest BCUT2D eigenvalue weighted by Gasteiger charge is -2.10. The summed E-state index contributed by atoms with van der Waals surface area (Å²) in [4.78, 5) is 4.53. The number of pyridine rings is 1. The van der Waals surface area contributed by atoms with E-state index in [2.05, 4.69) is 24.9 Å². The van der Waals surface area contributed by atoms with Crippen molar-refractivity contribution in [1.82, 2.24) is 4.98 Å². The average Bonchev–Trinajstić information content (AvgIpc) is 2.55. The molecule has 22 heavy (non-hydrogen) atoms. The number of hydrogen-bond donors (Lipinski definition) is 0. The second-order valence-electron chi connectivity index (χ2n) is 5.61. The highest BCUT2D eigenvalue weighted by molar-refractivity contribution is 5.85. The molecule has 0 unspecified atom stereocenters. The van der Waals surface area contributed by atoms with Crippen LogP contribution < -0.4 is 9.47 Å². The van der Waals surface area contributed by atoms with Crippen molar-refractivity contribution in [2.75, 3.05) is 13.2 Å². The maximum atomic E-state index is 5.87. The van der Waals surface area contributed by atoms with Gasteiger partial charge in [-0.2, -0.15) is 0 Å². The van der Waals surface area contributed by atoms with Crippen molar-refractivity contribution in [1.29, 1.82) is 0 Å². The molecule has 2 rings (SSSR count). The molecule has 0 radical (unpaired) electrons. The normalized spacial score (nSPS) is 10.8. The van der Waals surface area contributed by atoms with Crippen molar-refractivity contribution in [3.63, 3.8) is 0 Å². The van der Waals surface area contributed by atoms with Gasteiger partial charge in [-0.25, -0.2) is 4.98 Å². The Labute approximate surface area is 133 Å². The van der Waals surface area contributed by atoms with Crippen LogP contribution in [-0.2, 0) is 0 Å². The van der Waals surface area contributed by atoms with Crippen LogP contribution in [-0.4, -0.2) is 18.2 Å². The Bertz CT molecular complexity index is 568. The predicted molar refractivity (Wildman–Crippen MR) is 91.8 cm³/mol. The molecule has 0 aliphatic rings. The van der Waals surface area contributed by atoms with Gasteiger partial charge in [-0.1, -0.05) is 51.7 Å². The second-order valence-corrected chi connectivity index (χ2v) is 5.61. The highest BCUT2D eigenvalue weighted by Crippen LogP contribution is 2.26. The van der Waals surface area contributed by atoms with Gasteiger partial charge in [0.1, 0.15) is 17.0 Å². The van der Waals surface area contributed by atoms with Crippen LogP contribution in [0.4, 0.5) is 0 Å². The molecule has 0 amide bonds. The summed E-state index contributed by atoms with van der Waals surface area (Å²) in [5.41, 5.74) is 0.917. The lowest BCUT2D eigenvalue weighted by atomic mass is 10.2. The molecule has 0 aliphatic carbocycles. The Hall–Kier alpha value is -1.77. The molecule has 0 fully saturated rings. The van der Waals surface area contributed by atoms with Crippen LogP contribution in [0.25, 0.3) is 10.9 Å². The standard InChI is InChI=1S/C19H27NO2/c1-3-5-7-12-21-17-14-16-10-9-11-18(19(16)20-15-17)22-13-8-6-4-2/h9-11,14-15H,3-8,12-13H2,1-2H3. The first kappa shape index (κ1) is 16.6. The zero-order valence-corrected chi connectivity index (χ0v) is 13.8. The SMILES string of the molecule is CCCCCOc1cnc2c(OCCCCC)cccc2c1. The molecule has 1 heterocycles. The minimum absolute atomic E-state index is 0.754.